The van der Waals surface area contributed by atoms with Gasteiger partial charge in [-0.15, -0.1) is 23.5 Å². The van der Waals surface area contributed by atoms with Crippen LogP contribution < -0.4 is 0 Å². The summed E-state index contributed by atoms with van der Waals surface area (Å²) in [5.74, 6) is 0. The second kappa shape index (κ2) is 6.57. The Labute approximate surface area is 162 Å². The van der Waals surface area contributed by atoms with Gasteiger partial charge in [0.05, 0.1) is 10.3 Å². The van der Waals surface area contributed by atoms with E-state index in [1.807, 2.05) is 23.5 Å². The molecule has 1 N–H and O–H groups in total. The molecule has 4 aromatic rings. The molecule has 26 heavy (non-hydrogen) atoms. The number of hydrogen-bond acceptors (Lipinski definition) is 2. The van der Waals surface area contributed by atoms with E-state index in [9.17, 15) is 0 Å². The molecule has 1 aromatic heterocycles. The van der Waals surface area contributed by atoms with Crippen LogP contribution in [0, 0.1) is 0 Å². The molecule has 1 aliphatic rings. The van der Waals surface area contributed by atoms with Crippen molar-refractivity contribution in [3.63, 3.8) is 0 Å². The van der Waals surface area contributed by atoms with Gasteiger partial charge in [-0.1, -0.05) is 55.5 Å². The van der Waals surface area contributed by atoms with Gasteiger partial charge in [0.2, 0.25) is 0 Å². The fourth-order valence-electron chi connectivity index (χ4n) is 3.60. The van der Waals surface area contributed by atoms with E-state index in [0.29, 0.717) is 4.58 Å². The third-order valence-electron chi connectivity index (χ3n) is 4.92. The van der Waals surface area contributed by atoms with Crippen LogP contribution in [-0.4, -0.2) is 4.98 Å². The van der Waals surface area contributed by atoms with Crippen LogP contribution in [-0.2, 0) is 6.42 Å². The van der Waals surface area contributed by atoms with Gasteiger partial charge in [0, 0.05) is 26.3 Å². The Balaban J connectivity index is 1.69. The summed E-state index contributed by atoms with van der Waals surface area (Å²) in [6, 6.07) is 26.4. The van der Waals surface area contributed by atoms with Crippen LogP contribution in [0.15, 0.2) is 82.6 Å². The highest BCUT2D eigenvalue weighted by molar-refractivity contribution is 8.19. The lowest BCUT2D eigenvalue weighted by Crippen LogP contribution is -1.90. The Bertz CT molecular complexity index is 1070. The summed E-state index contributed by atoms with van der Waals surface area (Å²) in [5.41, 5.74) is 6.56. The molecule has 0 aliphatic carbocycles. The summed E-state index contributed by atoms with van der Waals surface area (Å²) in [6.07, 6.45) is 1.06. The van der Waals surface area contributed by atoms with E-state index in [2.05, 4.69) is 84.7 Å². The summed E-state index contributed by atoms with van der Waals surface area (Å²) >= 11 is 3.94. The predicted octanol–water partition coefficient (Wildman–Crippen LogP) is 7.29. The zero-order valence-corrected chi connectivity index (χ0v) is 16.2. The summed E-state index contributed by atoms with van der Waals surface area (Å²) in [6.45, 7) is 2.21. The maximum absolute atomic E-state index is 3.71. The summed E-state index contributed by atoms with van der Waals surface area (Å²) in [4.78, 5) is 6.49. The Hall–Kier alpha value is -2.10. The molecule has 3 aromatic carbocycles. The van der Waals surface area contributed by atoms with Gasteiger partial charge in [0.15, 0.2) is 0 Å². The zero-order valence-electron chi connectivity index (χ0n) is 14.5. The number of thioether (sulfide) groups is 2. The second-order valence-corrected chi connectivity index (χ2v) is 9.12. The molecule has 1 nitrogen and oxygen atoms in total. The lowest BCUT2D eigenvalue weighted by Gasteiger charge is -2.12. The van der Waals surface area contributed by atoms with Crippen molar-refractivity contribution >= 4 is 34.4 Å². The summed E-state index contributed by atoms with van der Waals surface area (Å²) in [7, 11) is 0. The van der Waals surface area contributed by atoms with E-state index in [1.165, 1.54) is 43.1 Å². The topological polar surface area (TPSA) is 15.8 Å². The first-order valence-corrected chi connectivity index (χ1v) is 10.7. The number of para-hydroxylation sites is 1. The SMILES string of the molecule is CCc1cccc(-c2[nH]c3ccccc3c2C2Sc3ccccc3S2)c1. The molecule has 0 saturated heterocycles. The lowest BCUT2D eigenvalue weighted by molar-refractivity contribution is 1.14. The monoisotopic (exact) mass is 373 g/mol. The Morgan fingerprint density at radius 2 is 1.58 bits per heavy atom. The van der Waals surface area contributed by atoms with Crippen LogP contribution in [0.25, 0.3) is 22.2 Å². The lowest BCUT2D eigenvalue weighted by atomic mass is 10.0. The minimum atomic E-state index is 0.379. The highest BCUT2D eigenvalue weighted by Crippen LogP contribution is 2.59. The van der Waals surface area contributed by atoms with Gasteiger partial charge in [-0.3, -0.25) is 0 Å². The minimum absolute atomic E-state index is 0.379. The van der Waals surface area contributed by atoms with Crippen LogP contribution in [0.5, 0.6) is 0 Å². The van der Waals surface area contributed by atoms with Gasteiger partial charge >= 0.3 is 0 Å². The van der Waals surface area contributed by atoms with Crippen LogP contribution in [0.1, 0.15) is 22.6 Å². The molecule has 1 aliphatic heterocycles. The highest BCUT2D eigenvalue weighted by atomic mass is 32.2. The molecular weight excluding hydrogens is 354 g/mol. The molecule has 0 spiro atoms. The highest BCUT2D eigenvalue weighted by Gasteiger charge is 2.29. The van der Waals surface area contributed by atoms with Crippen molar-refractivity contribution in [2.45, 2.75) is 27.7 Å². The quantitative estimate of drug-likeness (QED) is 0.405. The number of nitrogens with one attached hydrogen (secondary N) is 1. The second-order valence-electron chi connectivity index (χ2n) is 6.53. The maximum Gasteiger partial charge on any atom is 0.0873 e. The molecule has 2 heterocycles. The van der Waals surface area contributed by atoms with Crippen LogP contribution in [0.4, 0.5) is 0 Å². The number of aromatic amines is 1. The smallest absolute Gasteiger partial charge is 0.0873 e. The van der Waals surface area contributed by atoms with Crippen LogP contribution in [0.3, 0.4) is 0 Å². The molecule has 3 heteroatoms. The van der Waals surface area contributed by atoms with Crippen molar-refractivity contribution in [1.82, 2.24) is 4.98 Å². The largest absolute Gasteiger partial charge is 0.354 e. The van der Waals surface area contributed by atoms with E-state index in [4.69, 9.17) is 0 Å². The number of aryl methyl sites for hydroxylation is 1. The fourth-order valence-corrected chi connectivity index (χ4v) is 6.57. The Morgan fingerprint density at radius 1 is 0.846 bits per heavy atom. The van der Waals surface area contributed by atoms with Gasteiger partial charge in [-0.2, -0.15) is 0 Å². The number of hydrogen-bond donors (Lipinski definition) is 1. The first-order chi connectivity index (χ1) is 12.8. The van der Waals surface area contributed by atoms with E-state index < -0.39 is 0 Å². The molecule has 0 bridgehead atoms. The number of benzene rings is 3. The molecule has 0 fully saturated rings. The standard InChI is InChI=1S/C23H19NS2/c1-2-15-8-7-9-16(14-15)22-21(17-10-3-4-11-18(17)24-22)23-25-19-12-5-6-13-20(19)26-23/h3-14,23-24H,2H2,1H3. The maximum atomic E-state index is 3.71. The van der Waals surface area contributed by atoms with E-state index in [-0.39, 0.29) is 0 Å². The van der Waals surface area contributed by atoms with Crippen molar-refractivity contribution in [2.24, 2.45) is 0 Å². The number of aromatic nitrogens is 1. The molecule has 0 amide bonds. The third kappa shape index (κ3) is 2.67. The first kappa shape index (κ1) is 16.1. The van der Waals surface area contributed by atoms with Gasteiger partial charge < -0.3 is 4.98 Å². The van der Waals surface area contributed by atoms with Crippen molar-refractivity contribution < 1.29 is 0 Å². The fraction of sp³-hybridized carbons (Fsp3) is 0.130. The third-order valence-corrected chi connectivity index (χ3v) is 7.75. The van der Waals surface area contributed by atoms with Crippen molar-refractivity contribution in [1.29, 1.82) is 0 Å². The summed E-state index contributed by atoms with van der Waals surface area (Å²) in [5, 5.41) is 1.34. The Kier molecular flexibility index (Phi) is 4.07. The van der Waals surface area contributed by atoms with E-state index >= 15 is 0 Å². The zero-order chi connectivity index (χ0) is 17.5. The Morgan fingerprint density at radius 3 is 2.35 bits per heavy atom. The minimum Gasteiger partial charge on any atom is -0.354 e. The van der Waals surface area contributed by atoms with E-state index in [0.717, 1.165) is 6.42 Å². The van der Waals surface area contributed by atoms with Crippen molar-refractivity contribution in [2.75, 3.05) is 0 Å². The molecule has 0 unspecified atom stereocenters. The molecule has 0 atom stereocenters. The molecule has 0 radical (unpaired) electrons. The summed E-state index contributed by atoms with van der Waals surface area (Å²) < 4.78 is 0.379. The van der Waals surface area contributed by atoms with Gasteiger partial charge in [0.25, 0.3) is 0 Å². The van der Waals surface area contributed by atoms with Crippen LogP contribution in [0.2, 0.25) is 0 Å². The van der Waals surface area contributed by atoms with Crippen molar-refractivity contribution in [3.8, 4) is 11.3 Å². The average molecular weight is 374 g/mol. The van der Waals surface area contributed by atoms with E-state index in [1.54, 1.807) is 0 Å². The molecule has 0 saturated carbocycles. The predicted molar refractivity (Wildman–Crippen MR) is 114 cm³/mol. The van der Waals surface area contributed by atoms with Gasteiger partial charge in [-0.25, -0.2) is 0 Å². The molecule has 128 valence electrons. The average Bonchev–Trinajstić information content (AvgIpc) is 3.29. The molecular formula is C23H19NS2. The molecule has 5 rings (SSSR count). The van der Waals surface area contributed by atoms with Gasteiger partial charge in [0.1, 0.15) is 0 Å². The first-order valence-electron chi connectivity index (χ1n) is 8.96. The number of H-pyrrole nitrogens is 1. The number of fused-ring (bicyclic) bond motifs is 2. The normalized spacial score (nSPS) is 14.0. The van der Waals surface area contributed by atoms with Crippen molar-refractivity contribution in [3.05, 3.63) is 83.9 Å². The van der Waals surface area contributed by atoms with Gasteiger partial charge in [-0.05, 0) is 41.8 Å². The van der Waals surface area contributed by atoms with Crippen LogP contribution >= 0.6 is 23.5 Å². The number of rotatable bonds is 3.